The highest BCUT2D eigenvalue weighted by molar-refractivity contribution is 7.53. The zero-order chi connectivity index (χ0) is 109. The van der Waals surface area contributed by atoms with E-state index in [9.17, 15) is 123 Å². The first kappa shape index (κ1) is 118. The molecule has 4 aliphatic heterocycles. The Labute approximate surface area is 836 Å². The van der Waals surface area contributed by atoms with Crippen molar-refractivity contribution < 1.29 is 202 Å². The van der Waals surface area contributed by atoms with Crippen LogP contribution in [0.4, 0.5) is 0 Å². The number of para-hydroxylation sites is 4. The molecule has 24 N–H and O–H groups in total. The summed E-state index contributed by atoms with van der Waals surface area (Å²) >= 11 is 0. The van der Waals surface area contributed by atoms with E-state index in [0.717, 1.165) is 57.8 Å². The zero-order valence-corrected chi connectivity index (χ0v) is 83.7. The van der Waals surface area contributed by atoms with Gasteiger partial charge in [0.2, 0.25) is 23.5 Å². The van der Waals surface area contributed by atoms with E-state index in [0.29, 0.717) is 0 Å². The summed E-state index contributed by atoms with van der Waals surface area (Å²) < 4.78 is 149. The SMILES string of the molecule is CC(C)OC(=O)[C@H](C)NP(=O)(OC[C@H]1O[C@@H](n2cnc(C(N)=O)c2O)[C@H](O)C1O)Oc1ccccc1.COC(=O)C[C@H](NP(=O)(OC[C@H]1O[C@@H](n2cnc(C(N)=O)c2O)[C@H](O)C1O)Oc1ccccc1)C(=O)OC.COC(=O)[C@@H](NP(=O)(OC[C@H]1O[C@@H](n2cnc(C(N)=O)c2O)[C@H](O)C1O)Oc1ccccc1)C(C)C.COC(=O)[C@H](CC(C)C)NP(=O)(OC[C@H]1O[C@@H](n2cnc(C(N)=O)c2O)[C@H](O)C1O)Oc1ccccc1. The minimum absolute atomic E-state index is 0.0193. The number of nitrogens with one attached hydrogen (secondary N) is 4. The van der Waals surface area contributed by atoms with Crippen LogP contribution in [0.2, 0.25) is 0 Å². The molecule has 0 spiro atoms. The van der Waals surface area contributed by atoms with Gasteiger partial charge in [-0.3, -0.25) is 79.5 Å². The molecule has 147 heavy (non-hydrogen) atoms. The molecule has 4 saturated heterocycles. The van der Waals surface area contributed by atoms with Crippen molar-refractivity contribution in [3.63, 3.8) is 0 Å². The Morgan fingerprint density at radius 3 is 0.857 bits per heavy atom. The average Bonchev–Trinajstić information content (AvgIpc) is 1.64. The minimum Gasteiger partial charge on any atom is -0.493 e. The number of carbonyl (C=O) groups excluding carboxylic acids is 9. The maximum atomic E-state index is 13.8. The number of rotatable bonds is 46. The lowest BCUT2D eigenvalue weighted by atomic mass is 10.1. The summed E-state index contributed by atoms with van der Waals surface area (Å²) in [5, 5.41) is 135. The normalized spacial score (nSPS) is 23.9. The fourth-order valence-electron chi connectivity index (χ4n) is 13.9. The Kier molecular flexibility index (Phi) is 42.4. The van der Waals surface area contributed by atoms with Crippen LogP contribution in [0.25, 0.3) is 0 Å². The second-order valence-corrected chi connectivity index (χ2v) is 40.0. The zero-order valence-electron chi connectivity index (χ0n) is 80.2. The van der Waals surface area contributed by atoms with Crippen molar-refractivity contribution in [3.05, 3.63) is 169 Å². The number of ether oxygens (including phenoxy) is 9. The maximum Gasteiger partial charge on any atom is 0.459 e. The van der Waals surface area contributed by atoms with Gasteiger partial charge in [-0.2, -0.15) is 20.3 Å². The van der Waals surface area contributed by atoms with Crippen molar-refractivity contribution in [2.24, 2.45) is 34.8 Å². The molecule has 8 heterocycles. The Balaban J connectivity index is 0.000000218. The first-order valence-corrected chi connectivity index (χ1v) is 50.4. The number of aromatic hydroxyl groups is 4. The van der Waals surface area contributed by atoms with E-state index >= 15 is 0 Å². The Bertz CT molecular complexity index is 5950. The summed E-state index contributed by atoms with van der Waals surface area (Å²) in [6, 6.07) is 27.2. The fraction of sp³-hybridized carbons (Fsp3) is 0.471. The summed E-state index contributed by atoms with van der Waals surface area (Å²) in [6.07, 6.45) is -20.1. The third-order valence-corrected chi connectivity index (χ3v) is 27.7. The number of hydrogen-bond donors (Lipinski definition) is 20. The molecule has 0 aliphatic carbocycles. The summed E-state index contributed by atoms with van der Waals surface area (Å²) in [7, 11) is -12.8. The molecule has 58 nitrogen and oxygen atoms in total. The molecular formula is C85H116N16O42P4. The summed E-state index contributed by atoms with van der Waals surface area (Å²) in [5.74, 6) is -10.4. The summed E-state index contributed by atoms with van der Waals surface area (Å²) in [4.78, 5) is 121. The van der Waals surface area contributed by atoms with Crippen molar-refractivity contribution in [1.82, 2.24) is 58.6 Å². The van der Waals surface area contributed by atoms with Gasteiger partial charge in [0, 0.05) is 0 Å². The molecule has 4 aliphatic rings. The van der Waals surface area contributed by atoms with Gasteiger partial charge in [0.15, 0.2) is 47.7 Å². The van der Waals surface area contributed by atoms with Crippen LogP contribution in [0, 0.1) is 11.8 Å². The highest BCUT2D eigenvalue weighted by Gasteiger charge is 2.53. The van der Waals surface area contributed by atoms with Crippen LogP contribution in [0.1, 0.15) is 128 Å². The molecule has 4 aromatic carbocycles. The van der Waals surface area contributed by atoms with Gasteiger partial charge in [-0.1, -0.05) is 100 Å². The van der Waals surface area contributed by atoms with Gasteiger partial charge in [-0.25, -0.2) is 38.2 Å². The second-order valence-electron chi connectivity index (χ2n) is 33.3. The lowest BCUT2D eigenvalue weighted by Crippen LogP contribution is -2.42. The molecule has 8 unspecified atom stereocenters. The molecule has 4 aromatic heterocycles. The van der Waals surface area contributed by atoms with Crippen LogP contribution in [-0.4, -0.2) is 311 Å². The number of amides is 4. The number of nitrogens with two attached hydrogens (primary N) is 4. The third kappa shape index (κ3) is 31.3. The van der Waals surface area contributed by atoms with Crippen molar-refractivity contribution in [3.8, 4) is 46.5 Å². The van der Waals surface area contributed by atoms with Crippen LogP contribution in [-0.2, 0) is 103 Å². The molecule has 62 heteroatoms. The van der Waals surface area contributed by atoms with E-state index in [1.54, 1.807) is 100 Å². The van der Waals surface area contributed by atoms with E-state index < -0.39 is 292 Å². The molecule has 808 valence electrons. The van der Waals surface area contributed by atoms with Crippen LogP contribution < -0.4 is 61.4 Å². The molecular weight excluding hydrogens is 2040 g/mol. The standard InChI is InChI=1S/C22H31N4O10P.C21H27N4O12P.2C21H29N4O10P/c1-12(2)9-14(22(31)33-3)25-37(32,36-13-7-5-4-6-8-13)34-10-15-17(27)18(28)21(35-15)26-11-24-16(19(23)29)20(26)30;1-33-14(26)8-12(21(31)34-2)24-38(32,37-11-6-4-3-5-7-11)35-9-13-16(27)17(28)20(36-13)25-10-23-15(18(22)29)19(25)30;1-11(2)14(21(30)32-3)24-36(31,35-12-7-5-4-6-8-12)33-9-13-16(26)17(27)20(34-13)25-10-23-15(18(22)28)19(25)29;1-11(2)33-21(30)12(3)24-36(31,35-13-7-5-4-6-8-13)32-9-14-16(26)17(27)20(34-14)25-10-23-15(18(22)28)19(25)29/h4-8,11-12,14-15,17-18,21,27-28,30H,9-10H2,1-3H3,(H2,23,29)(H,25,32);3-7,10,12-13,16-17,20,27-28,30H,8-9H2,1-2H3,(H2,22,29)(H,24,32);4-8,10-11,13-14,16-17,20,26-27,29H,9H2,1-3H3,(H2,22,28)(H,24,31);4-8,10-12,14,16-17,20,26-27,29H,9H2,1-3H3,(H2,22,28)(H,24,31)/t14-,15+,17?,18+,21+,37?;12-,13+,16?,17+,20+,38?;13-,14+,16?,17-,20-,36?;12-,14+,16?,17+,20+,36?/m0010/s1. The number of primary amides is 4. The quantitative estimate of drug-likeness (QED) is 0.0141. The van der Waals surface area contributed by atoms with Crippen LogP contribution in [0.5, 0.6) is 46.5 Å². The van der Waals surface area contributed by atoms with E-state index in [2.05, 4.69) is 49.8 Å². The number of aliphatic hydroxyl groups is 8. The van der Waals surface area contributed by atoms with Gasteiger partial charge < -0.3 is 145 Å². The van der Waals surface area contributed by atoms with Gasteiger partial charge in [0.05, 0.1) is 67.4 Å². The van der Waals surface area contributed by atoms with Crippen molar-refractivity contribution in [2.75, 3.05) is 54.9 Å². The Hall–Kier alpha value is -12.5. The lowest BCUT2D eigenvalue weighted by Gasteiger charge is -2.27. The van der Waals surface area contributed by atoms with Crippen LogP contribution in [0.3, 0.4) is 0 Å². The van der Waals surface area contributed by atoms with E-state index in [1.807, 2.05) is 13.8 Å². The van der Waals surface area contributed by atoms with E-state index in [4.69, 9.17) is 92.3 Å². The summed E-state index contributed by atoms with van der Waals surface area (Å²) in [5.41, 5.74) is 18.7. The predicted octanol–water partition coefficient (Wildman–Crippen LogP) is 0.630. The van der Waals surface area contributed by atoms with Gasteiger partial charge >= 0.3 is 60.8 Å². The number of imidazole rings is 4. The smallest absolute Gasteiger partial charge is 0.459 e. The van der Waals surface area contributed by atoms with Gasteiger partial charge in [-0.15, -0.1) is 0 Å². The topological polar surface area (TPSA) is 845 Å². The highest BCUT2D eigenvalue weighted by Crippen LogP contribution is 2.52. The molecule has 12 rings (SSSR count). The number of aromatic nitrogens is 8. The van der Waals surface area contributed by atoms with Crippen LogP contribution in [0.15, 0.2) is 147 Å². The van der Waals surface area contributed by atoms with Gasteiger partial charge in [-0.05, 0) is 87.6 Å². The molecule has 0 bridgehead atoms. The number of aliphatic hydroxyl groups excluding tert-OH is 8. The molecule has 0 radical (unpaired) electrons. The van der Waals surface area contributed by atoms with E-state index in [-0.39, 0.29) is 41.3 Å². The maximum absolute atomic E-state index is 13.8. The molecule has 24 atom stereocenters. The molecule has 8 aromatic rings. The van der Waals surface area contributed by atoms with Crippen molar-refractivity contribution in [2.45, 2.75) is 190 Å². The average molecular weight is 2160 g/mol. The number of esters is 5. The highest BCUT2D eigenvalue weighted by atomic mass is 31.2. The van der Waals surface area contributed by atoms with Gasteiger partial charge in [0.25, 0.3) is 23.6 Å². The molecule has 4 fully saturated rings. The third-order valence-electron chi connectivity index (χ3n) is 21.3. The number of methoxy groups -OCH3 is 4. The number of carbonyl (C=O) groups is 9. The number of benzene rings is 4. The number of nitrogens with zero attached hydrogens (tertiary/aromatic N) is 8. The van der Waals surface area contributed by atoms with Crippen molar-refractivity contribution in [1.29, 1.82) is 0 Å². The second kappa shape index (κ2) is 52.9. The Morgan fingerprint density at radius 1 is 0.361 bits per heavy atom. The number of hydrogen-bond acceptors (Lipinski definition) is 46. The van der Waals surface area contributed by atoms with Crippen LogP contribution >= 0.6 is 31.0 Å². The monoisotopic (exact) mass is 2160 g/mol. The Morgan fingerprint density at radius 2 is 0.619 bits per heavy atom. The fourth-order valence-corrected chi connectivity index (χ4v) is 20.1. The first-order chi connectivity index (χ1) is 69.3. The minimum atomic E-state index is -4.50. The molecule has 0 saturated carbocycles. The van der Waals surface area contributed by atoms with Gasteiger partial charge in [0.1, 0.15) is 146 Å². The largest absolute Gasteiger partial charge is 0.493 e. The summed E-state index contributed by atoms with van der Waals surface area (Å²) in [6.45, 7) is 9.50. The predicted molar refractivity (Wildman–Crippen MR) is 497 cm³/mol. The van der Waals surface area contributed by atoms with Crippen molar-refractivity contribution >= 4 is 84.5 Å². The molecule has 4 amide bonds. The van der Waals surface area contributed by atoms with E-state index in [1.165, 1.54) is 69.7 Å². The lowest BCUT2D eigenvalue weighted by molar-refractivity contribution is -0.149. The first-order valence-electron chi connectivity index (χ1n) is 44.2.